The van der Waals surface area contributed by atoms with Crippen molar-refractivity contribution in [2.45, 2.75) is 75.5 Å². The highest BCUT2D eigenvalue weighted by Crippen LogP contribution is 2.36. The maximum atomic E-state index is 12.3. The largest absolute Gasteiger partial charge is 0.481 e. The van der Waals surface area contributed by atoms with Crippen molar-refractivity contribution in [2.24, 2.45) is 0 Å². The lowest BCUT2D eigenvalue weighted by Gasteiger charge is -2.26. The maximum absolute atomic E-state index is 12.3. The van der Waals surface area contributed by atoms with Crippen LogP contribution in [0, 0.1) is 0 Å². The summed E-state index contributed by atoms with van der Waals surface area (Å²) in [4.78, 5) is 28.7. The SMILES string of the molecule is COc1ccc(CC(=O)Nc2cc([C@@H]3CC[C@H](OC(=O)N[C@H]4CC[C@H](O)CC4)C3)[nH]n2)cn1. The topological polar surface area (TPSA) is 138 Å². The van der Waals surface area contributed by atoms with Crippen molar-refractivity contribution >= 4 is 17.8 Å². The van der Waals surface area contributed by atoms with Gasteiger partial charge in [0.2, 0.25) is 11.8 Å². The smallest absolute Gasteiger partial charge is 0.407 e. The Morgan fingerprint density at radius 1 is 1.18 bits per heavy atom. The summed E-state index contributed by atoms with van der Waals surface area (Å²) in [6.07, 6.45) is 6.38. The molecule has 2 aromatic rings. The normalized spacial score (nSPS) is 24.8. The second-order valence-corrected chi connectivity index (χ2v) is 8.83. The summed E-state index contributed by atoms with van der Waals surface area (Å²) in [6.45, 7) is 0. The fourth-order valence-corrected chi connectivity index (χ4v) is 4.52. The number of carbonyl (C=O) groups excluding carboxylic acids is 2. The Labute approximate surface area is 192 Å². The molecule has 2 fully saturated rings. The minimum atomic E-state index is -0.382. The molecule has 0 unspecified atom stereocenters. The predicted molar refractivity (Wildman–Crippen MR) is 120 cm³/mol. The zero-order valence-electron chi connectivity index (χ0n) is 18.8. The van der Waals surface area contributed by atoms with E-state index >= 15 is 0 Å². The summed E-state index contributed by atoms with van der Waals surface area (Å²) in [7, 11) is 1.54. The van der Waals surface area contributed by atoms with Crippen LogP contribution in [0.1, 0.15) is 62.1 Å². The molecule has 2 aromatic heterocycles. The molecule has 0 aromatic carbocycles. The molecule has 0 saturated heterocycles. The number of hydrogen-bond donors (Lipinski definition) is 4. The summed E-state index contributed by atoms with van der Waals surface area (Å²) >= 11 is 0. The van der Waals surface area contributed by atoms with Crippen molar-refractivity contribution in [1.82, 2.24) is 20.5 Å². The second kappa shape index (κ2) is 10.7. The number of aromatic amines is 1. The number of nitrogens with zero attached hydrogens (tertiary/aromatic N) is 2. The van der Waals surface area contributed by atoms with Gasteiger partial charge in [-0.2, -0.15) is 5.10 Å². The number of anilines is 1. The van der Waals surface area contributed by atoms with Gasteiger partial charge in [-0.25, -0.2) is 9.78 Å². The van der Waals surface area contributed by atoms with Crippen LogP contribution in [0.3, 0.4) is 0 Å². The van der Waals surface area contributed by atoms with Crippen LogP contribution in [-0.2, 0) is 16.0 Å². The quantitative estimate of drug-likeness (QED) is 0.501. The van der Waals surface area contributed by atoms with Crippen LogP contribution < -0.4 is 15.4 Å². The van der Waals surface area contributed by atoms with Crippen LogP contribution in [0.4, 0.5) is 10.6 Å². The molecule has 2 aliphatic rings. The Morgan fingerprint density at radius 2 is 2.00 bits per heavy atom. The number of ether oxygens (including phenoxy) is 2. The van der Waals surface area contributed by atoms with E-state index in [9.17, 15) is 14.7 Å². The van der Waals surface area contributed by atoms with Gasteiger partial charge < -0.3 is 25.2 Å². The first-order valence-corrected chi connectivity index (χ1v) is 11.5. The van der Waals surface area contributed by atoms with E-state index in [0.29, 0.717) is 31.0 Å². The molecule has 0 spiro atoms. The average molecular weight is 458 g/mol. The van der Waals surface area contributed by atoms with Gasteiger partial charge in [0, 0.05) is 36.0 Å². The molecule has 2 heterocycles. The van der Waals surface area contributed by atoms with E-state index in [0.717, 1.165) is 36.9 Å². The molecule has 33 heavy (non-hydrogen) atoms. The highest BCUT2D eigenvalue weighted by atomic mass is 16.6. The third-order valence-electron chi connectivity index (χ3n) is 6.35. The Hall–Kier alpha value is -3.14. The number of methoxy groups -OCH3 is 1. The Morgan fingerprint density at radius 3 is 2.73 bits per heavy atom. The molecule has 0 bridgehead atoms. The Bertz CT molecular complexity index is 939. The third kappa shape index (κ3) is 6.44. The van der Waals surface area contributed by atoms with Gasteiger partial charge in [-0.05, 0) is 50.5 Å². The van der Waals surface area contributed by atoms with E-state index in [1.807, 2.05) is 6.07 Å². The van der Waals surface area contributed by atoms with Gasteiger partial charge in [-0.1, -0.05) is 6.07 Å². The standard InChI is InChI=1S/C23H31N5O5/c1-32-22-9-2-14(13-24-22)10-21(30)26-20-12-19(27-28-20)15-3-8-18(11-15)33-23(31)25-16-4-6-17(29)7-5-16/h2,9,12-13,15-18,29H,3-8,10-11H2,1H3,(H,25,31)(H2,26,27,28,30)/t15-,16-,17-,18+/m1/s1. The lowest BCUT2D eigenvalue weighted by Crippen LogP contribution is -2.40. The molecule has 4 rings (SSSR count). The Balaban J connectivity index is 1.21. The molecule has 2 aliphatic carbocycles. The zero-order valence-corrected chi connectivity index (χ0v) is 18.8. The Kier molecular flexibility index (Phi) is 7.43. The molecular weight excluding hydrogens is 426 g/mol. The van der Waals surface area contributed by atoms with Crippen molar-refractivity contribution in [3.8, 4) is 5.88 Å². The van der Waals surface area contributed by atoms with Gasteiger partial charge in [0.25, 0.3) is 0 Å². The van der Waals surface area contributed by atoms with Gasteiger partial charge in [0.05, 0.1) is 19.6 Å². The number of amides is 2. The molecule has 178 valence electrons. The number of carbonyl (C=O) groups is 2. The van der Waals surface area contributed by atoms with Crippen LogP contribution >= 0.6 is 0 Å². The van der Waals surface area contributed by atoms with E-state index in [-0.39, 0.29) is 42.6 Å². The van der Waals surface area contributed by atoms with Crippen LogP contribution in [0.25, 0.3) is 0 Å². The molecule has 2 saturated carbocycles. The fraction of sp³-hybridized carbons (Fsp3) is 0.565. The highest BCUT2D eigenvalue weighted by molar-refractivity contribution is 5.91. The number of alkyl carbamates (subject to hydrolysis) is 1. The average Bonchev–Trinajstić information content (AvgIpc) is 3.45. The van der Waals surface area contributed by atoms with E-state index in [1.165, 1.54) is 0 Å². The molecule has 2 atom stereocenters. The molecule has 0 radical (unpaired) electrons. The van der Waals surface area contributed by atoms with Gasteiger partial charge in [-0.15, -0.1) is 0 Å². The lowest BCUT2D eigenvalue weighted by molar-refractivity contribution is -0.115. The van der Waals surface area contributed by atoms with Crippen LogP contribution in [0.2, 0.25) is 0 Å². The van der Waals surface area contributed by atoms with Crippen LogP contribution in [-0.4, -0.2) is 57.6 Å². The van der Waals surface area contributed by atoms with Crippen molar-refractivity contribution in [1.29, 1.82) is 0 Å². The minimum Gasteiger partial charge on any atom is -0.481 e. The van der Waals surface area contributed by atoms with E-state index in [1.54, 1.807) is 25.4 Å². The lowest BCUT2D eigenvalue weighted by atomic mass is 9.93. The summed E-state index contributed by atoms with van der Waals surface area (Å²) in [6, 6.07) is 5.43. The van der Waals surface area contributed by atoms with E-state index in [4.69, 9.17) is 9.47 Å². The number of hydrogen-bond acceptors (Lipinski definition) is 7. The zero-order chi connectivity index (χ0) is 23.2. The molecular formula is C23H31N5O5. The number of aliphatic hydroxyl groups excluding tert-OH is 1. The minimum absolute atomic E-state index is 0.0746. The van der Waals surface area contributed by atoms with Gasteiger partial charge >= 0.3 is 6.09 Å². The fourth-order valence-electron chi connectivity index (χ4n) is 4.52. The predicted octanol–water partition coefficient (Wildman–Crippen LogP) is 2.66. The van der Waals surface area contributed by atoms with Gasteiger partial charge in [0.15, 0.2) is 5.82 Å². The molecule has 10 nitrogen and oxygen atoms in total. The highest BCUT2D eigenvalue weighted by Gasteiger charge is 2.31. The van der Waals surface area contributed by atoms with Crippen LogP contribution in [0.5, 0.6) is 5.88 Å². The molecule has 2 amide bonds. The van der Waals surface area contributed by atoms with Gasteiger partial charge in [-0.3, -0.25) is 9.89 Å². The second-order valence-electron chi connectivity index (χ2n) is 8.83. The molecule has 10 heteroatoms. The van der Waals surface area contributed by atoms with E-state index in [2.05, 4.69) is 25.8 Å². The van der Waals surface area contributed by atoms with Crippen LogP contribution in [0.15, 0.2) is 24.4 Å². The first-order chi connectivity index (χ1) is 16.0. The van der Waals surface area contributed by atoms with Crippen molar-refractivity contribution < 1.29 is 24.2 Å². The third-order valence-corrected chi connectivity index (χ3v) is 6.35. The summed E-state index contributed by atoms with van der Waals surface area (Å²) < 4.78 is 10.6. The maximum Gasteiger partial charge on any atom is 0.407 e. The number of H-pyrrole nitrogens is 1. The number of nitrogens with one attached hydrogen (secondary N) is 3. The number of aromatic nitrogens is 3. The van der Waals surface area contributed by atoms with Crippen molar-refractivity contribution in [3.05, 3.63) is 35.7 Å². The first kappa shape index (κ1) is 23.0. The van der Waals surface area contributed by atoms with E-state index < -0.39 is 0 Å². The number of aliphatic hydroxyl groups is 1. The summed E-state index contributed by atoms with van der Waals surface area (Å²) in [5.74, 6) is 0.982. The first-order valence-electron chi connectivity index (χ1n) is 11.5. The summed E-state index contributed by atoms with van der Waals surface area (Å²) in [5.41, 5.74) is 1.70. The molecule has 0 aliphatic heterocycles. The summed E-state index contributed by atoms with van der Waals surface area (Å²) in [5, 5.41) is 22.5. The monoisotopic (exact) mass is 457 g/mol. The molecule has 4 N–H and O–H groups in total. The van der Waals surface area contributed by atoms with Crippen molar-refractivity contribution in [2.75, 3.05) is 12.4 Å². The van der Waals surface area contributed by atoms with Gasteiger partial charge in [0.1, 0.15) is 6.10 Å². The van der Waals surface area contributed by atoms with Crippen molar-refractivity contribution in [3.63, 3.8) is 0 Å². The number of pyridine rings is 1. The number of rotatable bonds is 7.